The Morgan fingerprint density at radius 3 is 1.18 bits per heavy atom. The van der Waals surface area contributed by atoms with Gasteiger partial charge in [-0.1, -0.05) is 13.2 Å². The van der Waals surface area contributed by atoms with Gasteiger partial charge in [0.05, 0.1) is 19.3 Å². The Hall–Kier alpha value is -3.59. The molecular formula is C39H76N2O18Si2. The van der Waals surface area contributed by atoms with Gasteiger partial charge in [0.25, 0.3) is 0 Å². The fourth-order valence-corrected chi connectivity index (χ4v) is 9.59. The molecule has 0 atom stereocenters. The van der Waals surface area contributed by atoms with E-state index in [1.807, 2.05) is 41.5 Å². The van der Waals surface area contributed by atoms with Crippen LogP contribution < -0.4 is 11.1 Å². The molecule has 0 unspecified atom stereocenters. The van der Waals surface area contributed by atoms with Crippen molar-refractivity contribution < 1.29 is 84.5 Å². The summed E-state index contributed by atoms with van der Waals surface area (Å²) >= 11 is 0. The van der Waals surface area contributed by atoms with Crippen LogP contribution in [0.25, 0.3) is 0 Å². The van der Waals surface area contributed by atoms with Crippen LogP contribution in [0.4, 0.5) is 0 Å². The minimum absolute atomic E-state index is 0.0232. The summed E-state index contributed by atoms with van der Waals surface area (Å²) < 4.78 is 53.2. The van der Waals surface area contributed by atoms with E-state index in [9.17, 15) is 28.8 Å². The van der Waals surface area contributed by atoms with E-state index in [0.29, 0.717) is 65.2 Å². The molecule has 0 spiro atoms. The van der Waals surface area contributed by atoms with Crippen molar-refractivity contribution >= 4 is 53.4 Å². The molecule has 0 saturated heterocycles. The standard InChI is InChI=1S/C19H35NO8Si.C10H14O6.C9H23NO3Si.CH4O/c1-6-26-29(27-7-2,28-8-3)15-9-12-20-17(21)10-11-18(22)24-13-14-25-19(23)16(4)5;1-7(2)10(14)16-6-5-15-9(13)4-3-8(11)12;1-4-11-14(12-5-2,13-6-3)9-7-8-10;1-2/h4,6-15H2,1-3,5H3,(H,20,21);1,3-6H2,2H3,(H,11,12);4-10H2,1-3H3;2H,1H3. The topological polar surface area (TPSA) is 273 Å². The van der Waals surface area contributed by atoms with Gasteiger partial charge in [0.15, 0.2) is 0 Å². The summed E-state index contributed by atoms with van der Waals surface area (Å²) in [5.41, 5.74) is 6.02. The monoisotopic (exact) mass is 916 g/mol. The van der Waals surface area contributed by atoms with Crippen LogP contribution in [0.1, 0.15) is 93.9 Å². The lowest BCUT2D eigenvalue weighted by molar-refractivity contribution is -0.151. The average molecular weight is 917 g/mol. The maximum absolute atomic E-state index is 11.9. The fourth-order valence-electron chi connectivity index (χ4n) is 4.34. The van der Waals surface area contributed by atoms with Gasteiger partial charge in [-0.2, -0.15) is 0 Å². The number of amides is 1. The summed E-state index contributed by atoms with van der Waals surface area (Å²) in [6.07, 6.45) is 1.06. The first-order valence-electron chi connectivity index (χ1n) is 20.4. The Labute approximate surface area is 364 Å². The van der Waals surface area contributed by atoms with Crippen molar-refractivity contribution in [1.29, 1.82) is 0 Å². The molecule has 0 bridgehead atoms. The van der Waals surface area contributed by atoms with E-state index in [-0.39, 0.29) is 69.2 Å². The molecule has 61 heavy (non-hydrogen) atoms. The van der Waals surface area contributed by atoms with Crippen LogP contribution in [0.15, 0.2) is 24.3 Å². The smallest absolute Gasteiger partial charge is 0.481 e. The molecule has 0 fully saturated rings. The predicted molar refractivity (Wildman–Crippen MR) is 230 cm³/mol. The first-order valence-corrected chi connectivity index (χ1v) is 24.3. The molecule has 358 valence electrons. The van der Waals surface area contributed by atoms with Crippen LogP contribution >= 0.6 is 0 Å². The van der Waals surface area contributed by atoms with Crippen LogP contribution in [0.5, 0.6) is 0 Å². The summed E-state index contributed by atoms with van der Waals surface area (Å²) in [4.78, 5) is 66.5. The van der Waals surface area contributed by atoms with Gasteiger partial charge in [-0.05, 0) is 74.8 Å². The van der Waals surface area contributed by atoms with E-state index in [4.69, 9.17) is 52.0 Å². The zero-order valence-electron chi connectivity index (χ0n) is 38.1. The molecular weight excluding hydrogens is 841 g/mol. The lowest BCUT2D eigenvalue weighted by atomic mass is 10.3. The second-order valence-electron chi connectivity index (χ2n) is 12.0. The highest BCUT2D eigenvalue weighted by molar-refractivity contribution is 6.61. The number of carbonyl (C=O) groups is 6. The predicted octanol–water partition coefficient (Wildman–Crippen LogP) is 3.49. The minimum Gasteiger partial charge on any atom is -0.481 e. The van der Waals surface area contributed by atoms with E-state index >= 15 is 0 Å². The van der Waals surface area contributed by atoms with Crippen molar-refractivity contribution in [2.24, 2.45) is 5.73 Å². The van der Waals surface area contributed by atoms with Crippen LogP contribution in [-0.4, -0.2) is 150 Å². The third-order valence-electron chi connectivity index (χ3n) is 6.81. The molecule has 0 aliphatic rings. The lowest BCUT2D eigenvalue weighted by Gasteiger charge is -2.28. The number of hydrogen-bond donors (Lipinski definition) is 4. The van der Waals surface area contributed by atoms with E-state index < -0.39 is 47.5 Å². The molecule has 0 saturated carbocycles. The van der Waals surface area contributed by atoms with Gasteiger partial charge in [0.1, 0.15) is 26.4 Å². The molecule has 0 aromatic heterocycles. The number of hydrogen-bond acceptors (Lipinski definition) is 18. The van der Waals surface area contributed by atoms with Crippen molar-refractivity contribution in [3.63, 3.8) is 0 Å². The van der Waals surface area contributed by atoms with Crippen molar-refractivity contribution in [3.8, 4) is 0 Å². The fraction of sp³-hybridized carbons (Fsp3) is 0.744. The second kappa shape index (κ2) is 43.1. The van der Waals surface area contributed by atoms with Crippen molar-refractivity contribution in [3.05, 3.63) is 24.3 Å². The van der Waals surface area contributed by atoms with Crippen LogP contribution in [-0.2, 0) is 74.3 Å². The number of ether oxygens (including phenoxy) is 4. The van der Waals surface area contributed by atoms with Gasteiger partial charge >= 0.3 is 47.5 Å². The van der Waals surface area contributed by atoms with Gasteiger partial charge in [0.2, 0.25) is 5.91 Å². The number of carboxylic acid groups (broad SMARTS) is 1. The first-order chi connectivity index (χ1) is 29.0. The maximum Gasteiger partial charge on any atom is 0.500 e. The second-order valence-corrected chi connectivity index (χ2v) is 17.4. The molecule has 0 heterocycles. The Balaban J connectivity index is -0.000000428. The Morgan fingerprint density at radius 2 is 0.869 bits per heavy atom. The van der Waals surface area contributed by atoms with Gasteiger partial charge in [-0.3, -0.25) is 19.2 Å². The summed E-state index contributed by atoms with van der Waals surface area (Å²) in [6.45, 7) is 25.7. The molecule has 0 aliphatic heterocycles. The van der Waals surface area contributed by atoms with E-state index in [1.165, 1.54) is 13.8 Å². The molecule has 22 heteroatoms. The Kier molecular flexibility index (Phi) is 45.2. The summed E-state index contributed by atoms with van der Waals surface area (Å²) in [6, 6.07) is 1.42. The molecule has 0 aliphatic carbocycles. The number of carboxylic acids is 1. The number of aliphatic hydroxyl groups is 1. The number of nitrogens with one attached hydrogen (secondary N) is 1. The Bertz CT molecular complexity index is 1190. The number of rotatable bonds is 33. The maximum atomic E-state index is 11.9. The highest BCUT2D eigenvalue weighted by Gasteiger charge is 2.40. The molecule has 1 amide bonds. The normalized spacial score (nSPS) is 10.5. The van der Waals surface area contributed by atoms with Crippen LogP contribution in [0.2, 0.25) is 12.1 Å². The number of aliphatic hydroxyl groups excluding tert-OH is 1. The van der Waals surface area contributed by atoms with Crippen LogP contribution in [0, 0.1) is 0 Å². The first kappa shape index (κ1) is 64.0. The van der Waals surface area contributed by atoms with Gasteiger partial charge in [-0.25, -0.2) is 9.59 Å². The van der Waals surface area contributed by atoms with E-state index in [1.54, 1.807) is 0 Å². The number of carbonyl (C=O) groups excluding carboxylic acids is 5. The van der Waals surface area contributed by atoms with Crippen molar-refractivity contribution in [2.45, 2.75) is 106 Å². The highest BCUT2D eigenvalue weighted by Crippen LogP contribution is 2.18. The molecule has 5 N–H and O–H groups in total. The zero-order valence-corrected chi connectivity index (χ0v) is 40.1. The Morgan fingerprint density at radius 1 is 0.541 bits per heavy atom. The van der Waals surface area contributed by atoms with Gasteiger partial charge in [-0.15, -0.1) is 0 Å². The lowest BCUT2D eigenvalue weighted by Crippen LogP contribution is -2.46. The third kappa shape index (κ3) is 39.0. The largest absolute Gasteiger partial charge is 0.500 e. The van der Waals surface area contributed by atoms with Gasteiger partial charge in [0, 0.05) is 83.0 Å². The van der Waals surface area contributed by atoms with Gasteiger partial charge < -0.3 is 66.8 Å². The SMILES string of the molecule is C=C(C)C(=O)OCCOC(=O)CCC(=O)NCCC[Si](OCC)(OCC)OCC.C=C(C)C(=O)OCCOC(=O)CCC(=O)O.CCO[Si](CCCN)(OCC)OCC.CO. The minimum atomic E-state index is -2.70. The van der Waals surface area contributed by atoms with E-state index in [2.05, 4.69) is 27.9 Å². The average Bonchev–Trinajstić information content (AvgIpc) is 3.22. The van der Waals surface area contributed by atoms with Crippen molar-refractivity contribution in [1.82, 2.24) is 5.32 Å². The molecule has 0 rings (SSSR count). The molecule has 0 aromatic rings. The molecule has 0 aromatic carbocycles. The quantitative estimate of drug-likeness (QED) is 0.0241. The van der Waals surface area contributed by atoms with Crippen molar-refractivity contribution in [2.75, 3.05) is 86.3 Å². The number of esters is 4. The molecule has 0 radical (unpaired) electrons. The third-order valence-corrected chi connectivity index (χ3v) is 13.1. The summed E-state index contributed by atoms with van der Waals surface area (Å²) in [7, 11) is -4.10. The summed E-state index contributed by atoms with van der Waals surface area (Å²) in [5.74, 6) is -3.55. The summed E-state index contributed by atoms with van der Waals surface area (Å²) in [5, 5.41) is 18.0. The van der Waals surface area contributed by atoms with E-state index in [0.717, 1.165) is 19.6 Å². The zero-order chi connectivity index (χ0) is 47.5. The number of aliphatic carboxylic acids is 1. The highest BCUT2D eigenvalue weighted by atomic mass is 28.4. The number of nitrogens with two attached hydrogens (primary N) is 1. The molecule has 20 nitrogen and oxygen atoms in total. The van der Waals surface area contributed by atoms with Crippen LogP contribution in [0.3, 0.4) is 0 Å².